The Labute approximate surface area is 453 Å². The molecule has 6 rings (SSSR count). The number of pyridine rings is 1. The van der Waals surface area contributed by atoms with Gasteiger partial charge in [-0.2, -0.15) is 26.3 Å². The molecule has 0 spiro atoms. The zero-order chi connectivity index (χ0) is 58.8. The van der Waals surface area contributed by atoms with E-state index >= 15 is 0 Å². The van der Waals surface area contributed by atoms with Crippen LogP contribution in [0.15, 0.2) is 24.3 Å². The Hall–Kier alpha value is -3.17. The SMILES string of the molecule is CC[C@H]1OC(=O)[C@H](C)[C@@H](O[C@H]2C[C@@](C)(OC)[C@@H](O)[C@H](C)O2)[C@H](C)[C@@H](O[C@@H]2O[C@H](C)C[C@H](N(C)C)[C@H]2O)[C@](C)(OC)C[C@@H](C)C(=O)[C@H](C)[C@@H](O)[C@]1(C)O.OC(c1cc(C(F)(F)F)nc2c(C(F)(F)F)cccc12)C1CCCCN1. The quantitative estimate of drug-likeness (QED) is 0.105. The molecule has 78 heavy (non-hydrogen) atoms. The van der Waals surface area contributed by atoms with E-state index in [0.29, 0.717) is 31.5 Å². The van der Waals surface area contributed by atoms with Crippen molar-refractivity contribution in [2.75, 3.05) is 34.9 Å². The summed E-state index contributed by atoms with van der Waals surface area (Å²) >= 11 is 0. The van der Waals surface area contributed by atoms with Crippen LogP contribution in [0.4, 0.5) is 26.3 Å². The molecule has 0 bridgehead atoms. The Kier molecular flexibility index (Phi) is 21.8. The lowest BCUT2D eigenvalue weighted by molar-refractivity contribution is -0.319. The van der Waals surface area contributed by atoms with Gasteiger partial charge in [-0.15, -0.1) is 0 Å². The highest BCUT2D eigenvalue weighted by molar-refractivity contribution is 5.86. The van der Waals surface area contributed by atoms with E-state index in [9.17, 15) is 61.5 Å². The van der Waals surface area contributed by atoms with E-state index in [-0.39, 0.29) is 48.1 Å². The number of carbonyl (C=O) groups excluding carboxylic acids is 2. The number of esters is 1. The normalized spacial score (nSPS) is 39.5. The molecule has 4 aliphatic rings. The first-order chi connectivity index (χ1) is 36.1. The van der Waals surface area contributed by atoms with Crippen LogP contribution in [0.25, 0.3) is 10.9 Å². The number of hydrogen-bond acceptors (Lipinski definition) is 17. The number of halogens is 6. The lowest BCUT2D eigenvalue weighted by Crippen LogP contribution is -2.61. The zero-order valence-electron chi connectivity index (χ0n) is 47.4. The molecule has 5 heterocycles. The van der Waals surface area contributed by atoms with Gasteiger partial charge in [0.1, 0.15) is 35.4 Å². The van der Waals surface area contributed by atoms with Gasteiger partial charge in [-0.25, -0.2) is 4.98 Å². The minimum Gasteiger partial charge on any atom is -0.459 e. The molecule has 4 aliphatic heterocycles. The van der Waals surface area contributed by atoms with Crippen molar-refractivity contribution in [1.29, 1.82) is 0 Å². The zero-order valence-corrected chi connectivity index (χ0v) is 47.4. The number of carbonyl (C=O) groups is 2. The second kappa shape index (κ2) is 26.0. The lowest BCUT2D eigenvalue weighted by atomic mass is 9.74. The third-order valence-corrected chi connectivity index (χ3v) is 16.8. The van der Waals surface area contributed by atoms with Crippen LogP contribution in [0.2, 0.25) is 0 Å². The van der Waals surface area contributed by atoms with Gasteiger partial charge >= 0.3 is 18.3 Å². The Balaban J connectivity index is 0.000000357. The van der Waals surface area contributed by atoms with Gasteiger partial charge in [0, 0.05) is 55.9 Å². The van der Waals surface area contributed by atoms with Gasteiger partial charge in [0.25, 0.3) is 0 Å². The molecule has 17 nitrogen and oxygen atoms in total. The van der Waals surface area contributed by atoms with E-state index < -0.39 is 143 Å². The van der Waals surface area contributed by atoms with Gasteiger partial charge in [-0.3, -0.25) is 9.59 Å². The number of aliphatic hydroxyl groups is 5. The molecule has 0 amide bonds. The van der Waals surface area contributed by atoms with E-state index in [1.165, 1.54) is 27.2 Å². The predicted molar refractivity (Wildman–Crippen MR) is 273 cm³/mol. The van der Waals surface area contributed by atoms with Crippen LogP contribution in [0.3, 0.4) is 0 Å². The average Bonchev–Trinajstić information content (AvgIpc) is 3.38. The highest BCUT2D eigenvalue weighted by atomic mass is 19.4. The number of rotatable bonds is 10. The number of likely N-dealkylation sites (N-methyl/N-ethyl adjacent to an activating group) is 1. The number of ether oxygens (including phenoxy) is 7. The second-order valence-corrected chi connectivity index (χ2v) is 22.9. The molecule has 0 radical (unpaired) electrons. The number of aliphatic hydroxyl groups excluding tert-OH is 4. The molecule has 2 unspecified atom stereocenters. The number of fused-ring (bicyclic) bond motifs is 1. The van der Waals surface area contributed by atoms with Crippen LogP contribution in [-0.2, 0) is 55.1 Å². The minimum absolute atomic E-state index is 0.111. The monoisotopic (exact) mass is 1130 g/mol. The third-order valence-electron chi connectivity index (χ3n) is 16.8. The fraction of sp³-hybridized carbons (Fsp3) is 0.800. The van der Waals surface area contributed by atoms with Gasteiger partial charge in [-0.1, -0.05) is 46.2 Å². The van der Waals surface area contributed by atoms with Crippen molar-refractivity contribution in [2.24, 2.45) is 23.7 Å². The summed E-state index contributed by atoms with van der Waals surface area (Å²) in [5, 5.41) is 59.0. The van der Waals surface area contributed by atoms with Gasteiger partial charge in [0.15, 0.2) is 12.6 Å². The molecule has 4 saturated heterocycles. The number of Topliss-reactive ketones (excluding diaryl/α,β-unsaturated/α-hetero) is 1. The second-order valence-electron chi connectivity index (χ2n) is 22.9. The Bertz CT molecular complexity index is 2310. The van der Waals surface area contributed by atoms with Gasteiger partial charge in [-0.05, 0) is 112 Å². The van der Waals surface area contributed by atoms with Crippen LogP contribution < -0.4 is 5.32 Å². The number of piperidine rings is 1. The summed E-state index contributed by atoms with van der Waals surface area (Å²) in [5.74, 6) is -4.47. The summed E-state index contributed by atoms with van der Waals surface area (Å²) in [7, 11) is 6.77. The third kappa shape index (κ3) is 14.5. The molecule has 446 valence electrons. The molecule has 4 fully saturated rings. The fourth-order valence-electron chi connectivity index (χ4n) is 11.8. The van der Waals surface area contributed by atoms with Crippen LogP contribution in [0.5, 0.6) is 0 Å². The first-order valence-electron chi connectivity index (χ1n) is 27.0. The number of cyclic esters (lactones) is 1. The number of nitrogens with zero attached hydrogens (tertiary/aromatic N) is 2. The van der Waals surface area contributed by atoms with Crippen LogP contribution in [0, 0.1) is 23.7 Å². The number of methoxy groups -OCH3 is 2. The maximum Gasteiger partial charge on any atom is 0.433 e. The van der Waals surface area contributed by atoms with Gasteiger partial charge < -0.3 is 68.9 Å². The number of ketones is 1. The molecule has 0 saturated carbocycles. The highest BCUT2D eigenvalue weighted by Crippen LogP contribution is 2.44. The lowest BCUT2D eigenvalue weighted by Gasteiger charge is -2.50. The molecule has 2 aromatic rings. The first kappa shape index (κ1) is 65.6. The molecule has 6 N–H and O–H groups in total. The summed E-state index contributed by atoms with van der Waals surface area (Å²) in [4.78, 5) is 33.3. The van der Waals surface area contributed by atoms with Crippen molar-refractivity contribution < 1.29 is 94.6 Å². The number of nitrogens with one attached hydrogen (secondary N) is 1. The molecular weight excluding hydrogens is 1040 g/mol. The van der Waals surface area contributed by atoms with Crippen LogP contribution in [-0.4, -0.2) is 172 Å². The van der Waals surface area contributed by atoms with Crippen LogP contribution in [0.1, 0.15) is 137 Å². The van der Waals surface area contributed by atoms with E-state index in [1.54, 1.807) is 48.5 Å². The molecule has 20 atom stereocenters. The first-order valence-corrected chi connectivity index (χ1v) is 27.0. The van der Waals surface area contributed by atoms with Crippen molar-refractivity contribution in [3.8, 4) is 0 Å². The number of alkyl halides is 6. The summed E-state index contributed by atoms with van der Waals surface area (Å²) < 4.78 is 123. The van der Waals surface area contributed by atoms with Crippen molar-refractivity contribution in [1.82, 2.24) is 15.2 Å². The van der Waals surface area contributed by atoms with Gasteiger partial charge in [0.2, 0.25) is 0 Å². The highest BCUT2D eigenvalue weighted by Gasteiger charge is 2.54. The largest absolute Gasteiger partial charge is 0.459 e. The number of aromatic nitrogens is 1. The Morgan fingerprint density at radius 2 is 1.51 bits per heavy atom. The van der Waals surface area contributed by atoms with E-state index in [4.69, 9.17) is 33.2 Å². The summed E-state index contributed by atoms with van der Waals surface area (Å²) in [6.07, 6.45) is -17.7. The molecule has 1 aromatic heterocycles. The number of para-hydroxylation sites is 1. The minimum atomic E-state index is -4.93. The Morgan fingerprint density at radius 1 is 0.872 bits per heavy atom. The molecule has 0 aliphatic carbocycles. The molecular formula is C55H85F6N3O14. The summed E-state index contributed by atoms with van der Waals surface area (Å²) in [6.45, 7) is 17.6. The van der Waals surface area contributed by atoms with Gasteiger partial charge in [0.05, 0.1) is 64.8 Å². The topological polar surface area (TPSA) is 228 Å². The smallest absolute Gasteiger partial charge is 0.433 e. The maximum atomic E-state index is 14.2. The van der Waals surface area contributed by atoms with E-state index in [1.807, 2.05) is 32.8 Å². The molecule has 23 heteroatoms. The maximum absolute atomic E-state index is 14.2. The predicted octanol–water partition coefficient (Wildman–Crippen LogP) is 6.89. The van der Waals surface area contributed by atoms with Crippen molar-refractivity contribution in [3.63, 3.8) is 0 Å². The summed E-state index contributed by atoms with van der Waals surface area (Å²) in [5.41, 5.74) is -7.96. The summed E-state index contributed by atoms with van der Waals surface area (Å²) in [6, 6.07) is 2.87. The van der Waals surface area contributed by atoms with Crippen molar-refractivity contribution in [3.05, 3.63) is 41.1 Å². The number of hydrogen-bond donors (Lipinski definition) is 6. The van der Waals surface area contributed by atoms with E-state index in [0.717, 1.165) is 18.9 Å². The van der Waals surface area contributed by atoms with Crippen molar-refractivity contribution in [2.45, 2.75) is 223 Å². The Morgan fingerprint density at radius 3 is 2.06 bits per heavy atom. The standard InChI is InChI=1S/C38H69NO13.C17H16F6N2O/c1-15-26-38(10,45)31(42)21(4)28(40)19(2)17-37(9,47-14)33(52-35-29(41)25(39(11)12)16-20(3)48-35)22(5)30(23(6)34(44)50-26)51-27-18-36(8,46-13)32(43)24(7)49-27;18-16(19,20)11-5-3-4-9-10(15(26)12-6-1-2-7-24-12)8-13(17(21,22)23)25-14(9)11/h19-27,29-33,35,41-43,45H,15-18H2,1-14H3;3-5,8,12,15,24,26H,1-2,6-7H2/t19-,20-,21+,22+,23-,24+,25+,26-,27+,29-,30+,31-,32+,33-,35+,36-,37-,38-;/m1./s1. The van der Waals surface area contributed by atoms with Crippen molar-refractivity contribution >= 4 is 22.7 Å². The molecule has 1 aromatic carbocycles. The van der Waals surface area contributed by atoms with E-state index in [2.05, 4.69) is 10.3 Å². The number of benzene rings is 1. The van der Waals surface area contributed by atoms with Crippen LogP contribution >= 0.6 is 0 Å². The fourth-order valence-corrected chi connectivity index (χ4v) is 11.8. The average molecular weight is 1130 g/mol.